The summed E-state index contributed by atoms with van der Waals surface area (Å²) in [6.45, 7) is 2.25. The van der Waals surface area contributed by atoms with Gasteiger partial charge in [0.25, 0.3) is 5.91 Å². The van der Waals surface area contributed by atoms with E-state index in [1.807, 2.05) is 0 Å². The normalized spacial score (nSPS) is 24.4. The Morgan fingerprint density at radius 1 is 1.47 bits per heavy atom. The fourth-order valence-corrected chi connectivity index (χ4v) is 2.73. The molecule has 1 amide bonds. The van der Waals surface area contributed by atoms with Crippen LogP contribution >= 0.6 is 15.9 Å². The maximum absolute atomic E-state index is 12.0. The number of pyridine rings is 1. The highest BCUT2D eigenvalue weighted by Gasteiger charge is 2.20. The van der Waals surface area contributed by atoms with E-state index in [9.17, 15) is 4.79 Å². The third-order valence-electron chi connectivity index (χ3n) is 3.24. The first-order valence-electron chi connectivity index (χ1n) is 6.06. The minimum Gasteiger partial charge on any atom is -0.349 e. The van der Waals surface area contributed by atoms with Crippen molar-refractivity contribution in [1.82, 2.24) is 10.3 Å². The first kappa shape index (κ1) is 12.6. The third-order valence-corrected chi connectivity index (χ3v) is 3.67. The van der Waals surface area contributed by atoms with Crippen molar-refractivity contribution in [3.63, 3.8) is 0 Å². The molecule has 2 rings (SSSR count). The highest BCUT2D eigenvalue weighted by Crippen LogP contribution is 2.23. The molecule has 1 fully saturated rings. The lowest BCUT2D eigenvalue weighted by Gasteiger charge is -2.27. The van der Waals surface area contributed by atoms with E-state index in [1.165, 1.54) is 12.8 Å². The van der Waals surface area contributed by atoms with Gasteiger partial charge in [-0.25, -0.2) is 0 Å². The molecule has 0 aliphatic heterocycles. The SMILES string of the molecule is C[C@H]1CCC[C@@H](NC(=O)c2cncc(Br)c2)C1. The molecular formula is C13H17BrN2O. The van der Waals surface area contributed by atoms with Gasteiger partial charge in [0.1, 0.15) is 0 Å². The molecule has 1 aliphatic rings. The summed E-state index contributed by atoms with van der Waals surface area (Å²) in [4.78, 5) is 16.0. The Morgan fingerprint density at radius 2 is 2.29 bits per heavy atom. The molecule has 4 heteroatoms. The van der Waals surface area contributed by atoms with Crippen LogP contribution in [0.2, 0.25) is 0 Å². The van der Waals surface area contributed by atoms with Crippen molar-refractivity contribution >= 4 is 21.8 Å². The molecule has 1 aliphatic carbocycles. The quantitative estimate of drug-likeness (QED) is 0.911. The zero-order chi connectivity index (χ0) is 12.3. The van der Waals surface area contributed by atoms with Crippen LogP contribution in [0.1, 0.15) is 43.0 Å². The van der Waals surface area contributed by atoms with Crippen LogP contribution in [-0.2, 0) is 0 Å². The van der Waals surface area contributed by atoms with Crippen molar-refractivity contribution in [2.45, 2.75) is 38.6 Å². The van der Waals surface area contributed by atoms with Gasteiger partial charge in [-0.3, -0.25) is 9.78 Å². The summed E-state index contributed by atoms with van der Waals surface area (Å²) in [5, 5.41) is 3.09. The van der Waals surface area contributed by atoms with Gasteiger partial charge >= 0.3 is 0 Å². The van der Waals surface area contributed by atoms with Gasteiger partial charge in [0.15, 0.2) is 0 Å². The van der Waals surface area contributed by atoms with Crippen LogP contribution in [0.3, 0.4) is 0 Å². The van der Waals surface area contributed by atoms with E-state index < -0.39 is 0 Å². The zero-order valence-corrected chi connectivity index (χ0v) is 11.5. The maximum Gasteiger partial charge on any atom is 0.253 e. The number of amides is 1. The second kappa shape index (κ2) is 5.63. The summed E-state index contributed by atoms with van der Waals surface area (Å²) in [6.07, 6.45) is 7.96. The van der Waals surface area contributed by atoms with Crippen molar-refractivity contribution in [3.8, 4) is 0 Å². The summed E-state index contributed by atoms with van der Waals surface area (Å²) < 4.78 is 0.835. The summed E-state index contributed by atoms with van der Waals surface area (Å²) in [6, 6.07) is 2.12. The van der Waals surface area contributed by atoms with E-state index in [-0.39, 0.29) is 5.91 Å². The molecule has 92 valence electrons. The molecular weight excluding hydrogens is 280 g/mol. The maximum atomic E-state index is 12.0. The Kier molecular flexibility index (Phi) is 4.15. The molecule has 1 heterocycles. The number of nitrogens with zero attached hydrogens (tertiary/aromatic N) is 1. The van der Waals surface area contributed by atoms with Gasteiger partial charge in [-0.2, -0.15) is 0 Å². The summed E-state index contributed by atoms with van der Waals surface area (Å²) in [7, 11) is 0. The standard InChI is InChI=1S/C13H17BrN2O/c1-9-3-2-4-12(5-9)16-13(17)10-6-11(14)8-15-7-10/h6-9,12H,2-5H2,1H3,(H,16,17)/t9-,12+/m0/s1. The Bertz CT molecular complexity index is 408. The first-order valence-corrected chi connectivity index (χ1v) is 6.86. The molecule has 0 unspecified atom stereocenters. The number of hydrogen-bond acceptors (Lipinski definition) is 2. The largest absolute Gasteiger partial charge is 0.349 e. The van der Waals surface area contributed by atoms with Crippen molar-refractivity contribution in [2.24, 2.45) is 5.92 Å². The minimum absolute atomic E-state index is 0.0158. The lowest BCUT2D eigenvalue weighted by molar-refractivity contribution is 0.0921. The molecule has 17 heavy (non-hydrogen) atoms. The van der Waals surface area contributed by atoms with Gasteiger partial charge in [0, 0.05) is 22.9 Å². The molecule has 1 N–H and O–H groups in total. The van der Waals surface area contributed by atoms with Gasteiger partial charge in [-0.1, -0.05) is 19.8 Å². The van der Waals surface area contributed by atoms with Crippen LogP contribution < -0.4 is 5.32 Å². The number of halogens is 1. The van der Waals surface area contributed by atoms with E-state index in [0.717, 1.165) is 23.2 Å². The van der Waals surface area contributed by atoms with Crippen LogP contribution in [0.25, 0.3) is 0 Å². The Morgan fingerprint density at radius 3 is 3.00 bits per heavy atom. The fourth-order valence-electron chi connectivity index (χ4n) is 2.37. The molecule has 1 aromatic rings. The van der Waals surface area contributed by atoms with Crippen LogP contribution in [0, 0.1) is 5.92 Å². The number of carbonyl (C=O) groups is 1. The molecule has 2 atom stereocenters. The Labute approximate surface area is 110 Å². The molecule has 3 nitrogen and oxygen atoms in total. The average molecular weight is 297 g/mol. The van der Waals surface area contributed by atoms with Gasteiger partial charge < -0.3 is 5.32 Å². The van der Waals surface area contributed by atoms with Crippen LogP contribution in [0.5, 0.6) is 0 Å². The summed E-state index contributed by atoms with van der Waals surface area (Å²) in [5.41, 5.74) is 0.623. The van der Waals surface area contributed by atoms with Crippen LogP contribution in [-0.4, -0.2) is 16.9 Å². The van der Waals surface area contributed by atoms with Gasteiger partial charge in [-0.05, 0) is 40.8 Å². The smallest absolute Gasteiger partial charge is 0.253 e. The predicted octanol–water partition coefficient (Wildman–Crippen LogP) is 3.15. The second-order valence-corrected chi connectivity index (χ2v) is 5.75. The number of hydrogen-bond donors (Lipinski definition) is 1. The third kappa shape index (κ3) is 3.53. The van der Waals surface area contributed by atoms with Crippen LogP contribution in [0.4, 0.5) is 0 Å². The molecule has 0 spiro atoms. The Hall–Kier alpha value is -0.900. The topological polar surface area (TPSA) is 42.0 Å². The van der Waals surface area contributed by atoms with Gasteiger partial charge in [-0.15, -0.1) is 0 Å². The molecule has 1 aromatic heterocycles. The summed E-state index contributed by atoms with van der Waals surface area (Å²) >= 11 is 3.32. The van der Waals surface area contributed by atoms with E-state index in [4.69, 9.17) is 0 Å². The van der Waals surface area contributed by atoms with Crippen molar-refractivity contribution in [1.29, 1.82) is 0 Å². The van der Waals surface area contributed by atoms with Gasteiger partial charge in [0.05, 0.1) is 5.56 Å². The number of nitrogens with one attached hydrogen (secondary N) is 1. The van der Waals surface area contributed by atoms with E-state index in [0.29, 0.717) is 11.6 Å². The van der Waals surface area contributed by atoms with Crippen molar-refractivity contribution in [2.75, 3.05) is 0 Å². The van der Waals surface area contributed by atoms with Crippen molar-refractivity contribution < 1.29 is 4.79 Å². The first-order chi connectivity index (χ1) is 8.15. The van der Waals surface area contributed by atoms with Crippen molar-refractivity contribution in [3.05, 3.63) is 28.5 Å². The fraction of sp³-hybridized carbons (Fsp3) is 0.538. The van der Waals surface area contributed by atoms with E-state index in [2.05, 4.69) is 33.2 Å². The van der Waals surface area contributed by atoms with Crippen LogP contribution in [0.15, 0.2) is 22.9 Å². The van der Waals surface area contributed by atoms with Gasteiger partial charge in [0.2, 0.25) is 0 Å². The molecule has 0 aromatic carbocycles. The second-order valence-electron chi connectivity index (χ2n) is 4.83. The number of carbonyl (C=O) groups excluding carboxylic acids is 1. The molecule has 0 bridgehead atoms. The molecule has 1 saturated carbocycles. The highest BCUT2D eigenvalue weighted by atomic mass is 79.9. The Balaban J connectivity index is 1.97. The number of rotatable bonds is 2. The molecule has 0 saturated heterocycles. The average Bonchev–Trinajstić information content (AvgIpc) is 2.29. The van der Waals surface area contributed by atoms with E-state index in [1.54, 1.807) is 18.5 Å². The minimum atomic E-state index is -0.0158. The highest BCUT2D eigenvalue weighted by molar-refractivity contribution is 9.10. The summed E-state index contributed by atoms with van der Waals surface area (Å²) in [5.74, 6) is 0.701. The predicted molar refractivity (Wildman–Crippen MR) is 70.8 cm³/mol. The lowest BCUT2D eigenvalue weighted by atomic mass is 9.87. The lowest BCUT2D eigenvalue weighted by Crippen LogP contribution is -2.38. The van der Waals surface area contributed by atoms with E-state index >= 15 is 0 Å². The number of aromatic nitrogens is 1. The monoisotopic (exact) mass is 296 g/mol. The zero-order valence-electron chi connectivity index (χ0n) is 9.95. The molecule has 0 radical (unpaired) electrons.